The molecule has 0 spiro atoms. The molecule has 1 aromatic carbocycles. The maximum absolute atomic E-state index is 13.0. The second-order valence-electron chi connectivity index (χ2n) is 6.87. The summed E-state index contributed by atoms with van der Waals surface area (Å²) in [6.07, 6.45) is 2.87. The molecule has 0 aliphatic heterocycles. The number of nitrogens with zero attached hydrogens (tertiary/aromatic N) is 5. The van der Waals surface area contributed by atoms with Crippen molar-refractivity contribution in [3.8, 4) is 17.5 Å². The topological polar surface area (TPSA) is 96.5 Å². The van der Waals surface area contributed by atoms with Crippen LogP contribution in [0.3, 0.4) is 0 Å². The van der Waals surface area contributed by atoms with E-state index in [2.05, 4.69) is 33.7 Å². The number of aromatic nitrogens is 4. The molecule has 0 saturated heterocycles. The maximum atomic E-state index is 13.0. The standard InChI is InChI=1S/C19H17FN6OS/c1-11-2-7-14-15(9-21)19(28-16(14)8-11)22-17(27)10-26-24-18(23-25-26)12-3-5-13(20)6-4-12/h3-6,11H,2,7-8,10H2,1H3,(H,22,27)/t11-/m1/s1. The summed E-state index contributed by atoms with van der Waals surface area (Å²) in [6.45, 7) is 2.07. The van der Waals surface area contributed by atoms with Gasteiger partial charge in [0.1, 0.15) is 23.4 Å². The lowest BCUT2D eigenvalue weighted by Crippen LogP contribution is -2.20. The van der Waals surface area contributed by atoms with Gasteiger partial charge in [-0.1, -0.05) is 6.92 Å². The van der Waals surface area contributed by atoms with Gasteiger partial charge >= 0.3 is 0 Å². The van der Waals surface area contributed by atoms with Gasteiger partial charge < -0.3 is 5.32 Å². The van der Waals surface area contributed by atoms with E-state index in [0.717, 1.165) is 24.8 Å². The fraction of sp³-hybridized carbons (Fsp3) is 0.316. The minimum absolute atomic E-state index is 0.127. The summed E-state index contributed by atoms with van der Waals surface area (Å²) in [4.78, 5) is 14.8. The van der Waals surface area contributed by atoms with Gasteiger partial charge in [-0.2, -0.15) is 10.1 Å². The number of fused-ring (bicyclic) bond motifs is 1. The SMILES string of the molecule is C[C@@H]1CCc2c(sc(NC(=O)Cn3nnc(-c4ccc(F)cc4)n3)c2C#N)C1. The van der Waals surface area contributed by atoms with Crippen molar-refractivity contribution in [1.82, 2.24) is 20.2 Å². The molecule has 142 valence electrons. The van der Waals surface area contributed by atoms with Crippen LogP contribution in [0.4, 0.5) is 9.39 Å². The molecule has 0 bridgehead atoms. The van der Waals surface area contributed by atoms with Crippen LogP contribution in [0.5, 0.6) is 0 Å². The molecule has 9 heteroatoms. The Kier molecular flexibility index (Phi) is 4.88. The molecule has 1 aliphatic rings. The van der Waals surface area contributed by atoms with E-state index in [1.165, 1.54) is 33.1 Å². The summed E-state index contributed by atoms with van der Waals surface area (Å²) in [7, 11) is 0. The molecular weight excluding hydrogens is 379 g/mol. The van der Waals surface area contributed by atoms with Crippen molar-refractivity contribution in [3.63, 3.8) is 0 Å². The summed E-state index contributed by atoms with van der Waals surface area (Å²) >= 11 is 1.48. The molecule has 1 atom stereocenters. The highest BCUT2D eigenvalue weighted by molar-refractivity contribution is 7.16. The highest BCUT2D eigenvalue weighted by Crippen LogP contribution is 2.39. The van der Waals surface area contributed by atoms with E-state index >= 15 is 0 Å². The number of carbonyl (C=O) groups excluding carboxylic acids is 1. The van der Waals surface area contributed by atoms with E-state index in [4.69, 9.17) is 0 Å². The van der Waals surface area contributed by atoms with Crippen molar-refractivity contribution in [2.45, 2.75) is 32.7 Å². The zero-order valence-electron chi connectivity index (χ0n) is 15.1. The van der Waals surface area contributed by atoms with Crippen LogP contribution < -0.4 is 5.32 Å². The predicted octanol–water partition coefficient (Wildman–Crippen LogP) is 3.18. The van der Waals surface area contributed by atoms with Crippen molar-refractivity contribution in [2.75, 3.05) is 5.32 Å². The summed E-state index contributed by atoms with van der Waals surface area (Å²) < 4.78 is 13.0. The Morgan fingerprint density at radius 3 is 2.96 bits per heavy atom. The molecule has 2 aromatic heterocycles. The van der Waals surface area contributed by atoms with Crippen LogP contribution in [-0.2, 0) is 24.2 Å². The summed E-state index contributed by atoms with van der Waals surface area (Å²) in [5.41, 5.74) is 2.25. The molecule has 0 radical (unpaired) electrons. The highest BCUT2D eigenvalue weighted by Gasteiger charge is 2.24. The average Bonchev–Trinajstić information content (AvgIpc) is 3.25. The quantitative estimate of drug-likeness (QED) is 0.731. The van der Waals surface area contributed by atoms with Crippen molar-refractivity contribution in [2.24, 2.45) is 5.92 Å². The number of hydrogen-bond acceptors (Lipinski definition) is 6. The van der Waals surface area contributed by atoms with Gasteiger partial charge in [0.25, 0.3) is 0 Å². The van der Waals surface area contributed by atoms with Crippen LogP contribution in [0, 0.1) is 23.1 Å². The lowest BCUT2D eigenvalue weighted by Gasteiger charge is -2.17. The first kappa shape index (κ1) is 18.3. The largest absolute Gasteiger partial charge is 0.315 e. The van der Waals surface area contributed by atoms with Gasteiger partial charge in [-0.15, -0.1) is 21.5 Å². The van der Waals surface area contributed by atoms with Crippen molar-refractivity contribution < 1.29 is 9.18 Å². The van der Waals surface area contributed by atoms with E-state index < -0.39 is 0 Å². The predicted molar refractivity (Wildman–Crippen MR) is 102 cm³/mol. The molecule has 0 unspecified atom stereocenters. The van der Waals surface area contributed by atoms with E-state index in [1.807, 2.05) is 0 Å². The molecule has 2 heterocycles. The maximum Gasteiger partial charge on any atom is 0.248 e. The van der Waals surface area contributed by atoms with Crippen molar-refractivity contribution in [3.05, 3.63) is 46.1 Å². The molecule has 1 amide bonds. The zero-order chi connectivity index (χ0) is 19.7. The number of thiophene rings is 1. The van der Waals surface area contributed by atoms with E-state index in [0.29, 0.717) is 27.9 Å². The molecule has 1 aliphatic carbocycles. The van der Waals surface area contributed by atoms with Crippen molar-refractivity contribution in [1.29, 1.82) is 5.26 Å². The highest BCUT2D eigenvalue weighted by atomic mass is 32.1. The van der Waals surface area contributed by atoms with Crippen LogP contribution in [0.15, 0.2) is 24.3 Å². The summed E-state index contributed by atoms with van der Waals surface area (Å²) in [5.74, 6) is 0.222. The Labute approximate surface area is 164 Å². The second kappa shape index (κ2) is 7.48. The number of halogens is 1. The van der Waals surface area contributed by atoms with Crippen LogP contribution in [0.2, 0.25) is 0 Å². The number of amides is 1. The second-order valence-corrected chi connectivity index (χ2v) is 7.97. The molecule has 3 aromatic rings. The first-order chi connectivity index (χ1) is 13.5. The molecule has 7 nitrogen and oxygen atoms in total. The third kappa shape index (κ3) is 3.64. The van der Waals surface area contributed by atoms with Gasteiger partial charge in [-0.25, -0.2) is 4.39 Å². The van der Waals surface area contributed by atoms with Gasteiger partial charge in [-0.05, 0) is 60.2 Å². The third-order valence-corrected chi connectivity index (χ3v) is 5.89. The van der Waals surface area contributed by atoms with E-state index in [1.54, 1.807) is 12.1 Å². The molecule has 1 N–H and O–H groups in total. The summed E-state index contributed by atoms with van der Waals surface area (Å²) in [6, 6.07) is 7.95. The first-order valence-electron chi connectivity index (χ1n) is 8.91. The van der Waals surface area contributed by atoms with Crippen LogP contribution in [0.1, 0.15) is 29.3 Å². The normalized spacial score (nSPS) is 15.7. The van der Waals surface area contributed by atoms with Crippen LogP contribution in [-0.4, -0.2) is 26.1 Å². The fourth-order valence-electron chi connectivity index (χ4n) is 3.28. The smallest absolute Gasteiger partial charge is 0.248 e. The minimum atomic E-state index is -0.350. The Morgan fingerprint density at radius 1 is 1.43 bits per heavy atom. The Balaban J connectivity index is 1.47. The van der Waals surface area contributed by atoms with E-state index in [-0.39, 0.29) is 18.3 Å². The molecule has 28 heavy (non-hydrogen) atoms. The van der Waals surface area contributed by atoms with E-state index in [9.17, 15) is 14.4 Å². The number of carbonyl (C=O) groups is 1. The monoisotopic (exact) mass is 396 g/mol. The molecule has 0 fully saturated rings. The zero-order valence-corrected chi connectivity index (χ0v) is 16.0. The van der Waals surface area contributed by atoms with Crippen LogP contribution >= 0.6 is 11.3 Å². The lowest BCUT2D eigenvalue weighted by molar-refractivity contribution is -0.117. The van der Waals surface area contributed by atoms with Gasteiger partial charge in [0.2, 0.25) is 11.7 Å². The number of nitrogens with one attached hydrogen (secondary N) is 1. The number of tetrazole rings is 1. The van der Waals surface area contributed by atoms with Crippen LogP contribution in [0.25, 0.3) is 11.4 Å². The fourth-order valence-corrected chi connectivity index (χ4v) is 4.65. The van der Waals surface area contributed by atoms with Gasteiger partial charge in [0.05, 0.1) is 5.56 Å². The molecule has 4 rings (SSSR count). The van der Waals surface area contributed by atoms with Gasteiger partial charge in [0.15, 0.2) is 0 Å². The number of anilines is 1. The third-order valence-electron chi connectivity index (χ3n) is 4.72. The Morgan fingerprint density at radius 2 is 2.21 bits per heavy atom. The Hall–Kier alpha value is -3.12. The number of rotatable bonds is 4. The summed E-state index contributed by atoms with van der Waals surface area (Å²) in [5, 5.41) is 24.9. The minimum Gasteiger partial charge on any atom is -0.315 e. The van der Waals surface area contributed by atoms with Gasteiger partial charge in [0, 0.05) is 10.4 Å². The number of benzene rings is 1. The average molecular weight is 396 g/mol. The lowest BCUT2D eigenvalue weighted by atomic mass is 9.89. The molecule has 0 saturated carbocycles. The number of nitriles is 1. The van der Waals surface area contributed by atoms with Gasteiger partial charge in [-0.3, -0.25) is 4.79 Å². The number of hydrogen-bond donors (Lipinski definition) is 1. The molecular formula is C19H17FN6OS. The first-order valence-corrected chi connectivity index (χ1v) is 9.73. The Bertz CT molecular complexity index is 1070. The van der Waals surface area contributed by atoms with Crippen molar-refractivity contribution >= 4 is 22.2 Å².